The molecule has 20 heavy (non-hydrogen) atoms. The lowest BCUT2D eigenvalue weighted by Gasteiger charge is -2.07. The monoisotopic (exact) mass is 275 g/mol. The van der Waals surface area contributed by atoms with Gasteiger partial charge in [-0.1, -0.05) is 18.2 Å². The molecule has 0 aromatic heterocycles. The first-order valence-electron chi connectivity index (χ1n) is 5.63. The molecule has 5 nitrogen and oxygen atoms in total. The number of nitrogens with one attached hydrogen (secondary N) is 1. The smallest absolute Gasteiger partial charge is 0.417 e. The Morgan fingerprint density at radius 1 is 1.10 bits per heavy atom. The predicted octanol–water partition coefficient (Wildman–Crippen LogP) is 3.13. The lowest BCUT2D eigenvalue weighted by atomic mass is 10.2. The van der Waals surface area contributed by atoms with Gasteiger partial charge in [-0.15, -0.1) is 0 Å². The summed E-state index contributed by atoms with van der Waals surface area (Å²) >= 11 is 0. The summed E-state index contributed by atoms with van der Waals surface area (Å²) in [6, 6.07) is 11.6. The third-order valence-electron chi connectivity index (χ3n) is 2.40. The van der Waals surface area contributed by atoms with E-state index < -0.39 is 23.4 Å². The normalized spacial score (nSPS) is 9.85. The molecule has 0 aliphatic heterocycles. The van der Waals surface area contributed by atoms with Crippen LogP contribution in [0.4, 0.5) is 14.9 Å². The van der Waals surface area contributed by atoms with Crippen LogP contribution in [-0.4, -0.2) is 17.2 Å². The van der Waals surface area contributed by atoms with Gasteiger partial charge in [0, 0.05) is 5.69 Å². The van der Waals surface area contributed by atoms with E-state index in [2.05, 4.69) is 5.32 Å². The summed E-state index contributed by atoms with van der Waals surface area (Å²) in [6.07, 6.45) is -0.793. The van der Waals surface area contributed by atoms with Gasteiger partial charge in [-0.25, -0.2) is 14.0 Å². The quantitative estimate of drug-likeness (QED) is 0.902. The van der Waals surface area contributed by atoms with Gasteiger partial charge in [-0.3, -0.25) is 5.32 Å². The number of para-hydroxylation sites is 1. The maximum atomic E-state index is 13.4. The van der Waals surface area contributed by atoms with Gasteiger partial charge in [0.2, 0.25) is 0 Å². The van der Waals surface area contributed by atoms with E-state index in [4.69, 9.17) is 9.84 Å². The number of aromatic carboxylic acids is 1. The minimum atomic E-state index is -1.37. The molecule has 2 rings (SSSR count). The molecule has 2 aromatic carbocycles. The molecule has 0 saturated heterocycles. The van der Waals surface area contributed by atoms with Gasteiger partial charge >= 0.3 is 12.1 Å². The molecule has 0 bridgehead atoms. The van der Waals surface area contributed by atoms with Crippen LogP contribution < -0.4 is 10.1 Å². The third-order valence-corrected chi connectivity index (χ3v) is 2.40. The molecule has 0 unspecified atom stereocenters. The molecule has 0 aliphatic carbocycles. The summed E-state index contributed by atoms with van der Waals surface area (Å²) in [5.74, 6) is -1.97. The standard InChI is InChI=1S/C14H10FNO4/c15-12-8-9(6-7-11(12)13(17)18)16-14(19)20-10-4-2-1-3-5-10/h1-8H,(H,16,19)(H,17,18). The molecule has 0 heterocycles. The molecule has 0 spiro atoms. The van der Waals surface area contributed by atoms with Gasteiger partial charge in [-0.2, -0.15) is 0 Å². The van der Waals surface area contributed by atoms with Crippen molar-refractivity contribution in [1.29, 1.82) is 0 Å². The van der Waals surface area contributed by atoms with Crippen LogP contribution in [0.5, 0.6) is 5.75 Å². The Kier molecular flexibility index (Phi) is 3.95. The fraction of sp³-hybridized carbons (Fsp3) is 0. The number of carbonyl (C=O) groups is 2. The van der Waals surface area contributed by atoms with Crippen molar-refractivity contribution in [2.75, 3.05) is 5.32 Å². The fourth-order valence-corrected chi connectivity index (χ4v) is 1.51. The van der Waals surface area contributed by atoms with Crippen LogP contribution in [0, 0.1) is 5.82 Å². The molecule has 1 amide bonds. The Hall–Kier alpha value is -2.89. The molecule has 2 N–H and O–H groups in total. The highest BCUT2D eigenvalue weighted by Crippen LogP contribution is 2.16. The summed E-state index contributed by atoms with van der Waals surface area (Å²) in [7, 11) is 0. The lowest BCUT2D eigenvalue weighted by Crippen LogP contribution is -2.17. The van der Waals surface area contributed by atoms with Gasteiger partial charge in [0.05, 0.1) is 5.56 Å². The Morgan fingerprint density at radius 3 is 2.40 bits per heavy atom. The second kappa shape index (κ2) is 5.83. The van der Waals surface area contributed by atoms with E-state index in [9.17, 15) is 14.0 Å². The van der Waals surface area contributed by atoms with Crippen LogP contribution in [0.1, 0.15) is 10.4 Å². The van der Waals surface area contributed by atoms with Crippen molar-refractivity contribution >= 4 is 17.7 Å². The van der Waals surface area contributed by atoms with E-state index in [0.717, 1.165) is 12.1 Å². The number of benzene rings is 2. The molecule has 102 valence electrons. The van der Waals surface area contributed by atoms with Crippen LogP contribution in [0.3, 0.4) is 0 Å². The molecule has 2 aromatic rings. The van der Waals surface area contributed by atoms with Crippen LogP contribution in [-0.2, 0) is 0 Å². The van der Waals surface area contributed by atoms with Crippen molar-refractivity contribution in [3.8, 4) is 5.75 Å². The first-order chi connectivity index (χ1) is 9.56. The van der Waals surface area contributed by atoms with Crippen molar-refractivity contribution in [2.45, 2.75) is 0 Å². The van der Waals surface area contributed by atoms with Crippen molar-refractivity contribution in [3.05, 3.63) is 59.9 Å². The van der Waals surface area contributed by atoms with E-state index in [1.54, 1.807) is 30.3 Å². The average molecular weight is 275 g/mol. The molecule has 0 atom stereocenters. The maximum Gasteiger partial charge on any atom is 0.417 e. The van der Waals surface area contributed by atoms with Gasteiger partial charge < -0.3 is 9.84 Å². The molecule has 0 aliphatic rings. The zero-order valence-electron chi connectivity index (χ0n) is 10.2. The third kappa shape index (κ3) is 3.32. The summed E-state index contributed by atoms with van der Waals surface area (Å²) in [4.78, 5) is 22.2. The van der Waals surface area contributed by atoms with Gasteiger partial charge in [0.25, 0.3) is 0 Å². The van der Waals surface area contributed by atoms with Crippen molar-refractivity contribution in [1.82, 2.24) is 0 Å². The summed E-state index contributed by atoms with van der Waals surface area (Å²) < 4.78 is 18.4. The number of carbonyl (C=O) groups excluding carboxylic acids is 1. The SMILES string of the molecule is O=C(Nc1ccc(C(=O)O)c(F)c1)Oc1ccccc1. The Labute approximate surface area is 113 Å². The van der Waals surface area contributed by atoms with Crippen molar-refractivity contribution in [3.63, 3.8) is 0 Å². The minimum Gasteiger partial charge on any atom is -0.478 e. The highest BCUT2D eigenvalue weighted by atomic mass is 19.1. The topological polar surface area (TPSA) is 75.6 Å². The summed E-state index contributed by atoms with van der Waals surface area (Å²) in [6.45, 7) is 0. The van der Waals surface area contributed by atoms with Gasteiger partial charge in [0.15, 0.2) is 0 Å². The maximum absolute atomic E-state index is 13.4. The van der Waals surface area contributed by atoms with Gasteiger partial charge in [0.1, 0.15) is 11.6 Å². The van der Waals surface area contributed by atoms with Crippen molar-refractivity contribution < 1.29 is 23.8 Å². The van der Waals surface area contributed by atoms with E-state index in [1.807, 2.05) is 0 Å². The van der Waals surface area contributed by atoms with E-state index in [0.29, 0.717) is 5.75 Å². The van der Waals surface area contributed by atoms with Crippen LogP contribution >= 0.6 is 0 Å². The first kappa shape index (κ1) is 13.5. The minimum absolute atomic E-state index is 0.105. The zero-order chi connectivity index (χ0) is 14.5. The number of ether oxygens (including phenoxy) is 1. The molecule has 6 heteroatoms. The highest BCUT2D eigenvalue weighted by molar-refractivity contribution is 5.90. The number of carboxylic acid groups (broad SMARTS) is 1. The van der Waals surface area contributed by atoms with E-state index in [-0.39, 0.29) is 5.69 Å². The van der Waals surface area contributed by atoms with Gasteiger partial charge in [-0.05, 0) is 30.3 Å². The highest BCUT2D eigenvalue weighted by Gasteiger charge is 2.12. The second-order valence-corrected chi connectivity index (χ2v) is 3.83. The summed E-state index contributed by atoms with van der Waals surface area (Å²) in [5.41, 5.74) is -0.361. The van der Waals surface area contributed by atoms with E-state index in [1.165, 1.54) is 6.07 Å². The fourth-order valence-electron chi connectivity index (χ4n) is 1.51. The number of hydrogen-bond acceptors (Lipinski definition) is 3. The van der Waals surface area contributed by atoms with Crippen molar-refractivity contribution in [2.24, 2.45) is 0 Å². The first-order valence-corrected chi connectivity index (χ1v) is 5.63. The molecule has 0 fully saturated rings. The number of anilines is 1. The number of hydrogen-bond donors (Lipinski definition) is 2. The Bertz CT molecular complexity index is 643. The van der Waals surface area contributed by atoms with Crippen LogP contribution in [0.2, 0.25) is 0 Å². The molecular formula is C14H10FNO4. The number of halogens is 1. The number of carboxylic acids is 1. The molecular weight excluding hydrogens is 265 g/mol. The van der Waals surface area contributed by atoms with Crippen LogP contribution in [0.25, 0.3) is 0 Å². The summed E-state index contributed by atoms with van der Waals surface area (Å²) in [5, 5.41) is 11.0. The number of amides is 1. The Balaban J connectivity index is 2.05. The number of rotatable bonds is 3. The zero-order valence-corrected chi connectivity index (χ0v) is 10.2. The molecule has 0 saturated carbocycles. The Morgan fingerprint density at radius 2 is 1.80 bits per heavy atom. The predicted molar refractivity (Wildman–Crippen MR) is 69.4 cm³/mol. The van der Waals surface area contributed by atoms with E-state index >= 15 is 0 Å². The largest absolute Gasteiger partial charge is 0.478 e. The molecule has 0 radical (unpaired) electrons. The average Bonchev–Trinajstić information content (AvgIpc) is 2.39. The second-order valence-electron chi connectivity index (χ2n) is 3.83. The van der Waals surface area contributed by atoms with Crippen LogP contribution in [0.15, 0.2) is 48.5 Å². The lowest BCUT2D eigenvalue weighted by molar-refractivity contribution is 0.0692.